The molecule has 0 saturated carbocycles. The van der Waals surface area contributed by atoms with Crippen LogP contribution in [0.2, 0.25) is 0 Å². The highest BCUT2D eigenvalue weighted by Gasteiger charge is 2.36. The molecule has 0 aromatic carbocycles. The number of halogens is 3. The average molecular weight is 513 g/mol. The molecule has 9 nitrogen and oxygen atoms in total. The highest BCUT2D eigenvalue weighted by atomic mass is 32.1. The molecule has 0 radical (unpaired) electrons. The van der Waals surface area contributed by atoms with E-state index >= 15 is 0 Å². The lowest BCUT2D eigenvalue weighted by molar-refractivity contribution is -0.137. The van der Waals surface area contributed by atoms with Crippen molar-refractivity contribution in [2.75, 3.05) is 17.3 Å². The Hall–Kier alpha value is -3.48. The van der Waals surface area contributed by atoms with Gasteiger partial charge in [0.1, 0.15) is 28.4 Å². The second kappa shape index (κ2) is 10.8. The topological polar surface area (TPSA) is 112 Å². The van der Waals surface area contributed by atoms with E-state index in [9.17, 15) is 18.0 Å². The monoisotopic (exact) mass is 512 g/mol. The first-order chi connectivity index (χ1) is 16.1. The van der Waals surface area contributed by atoms with Gasteiger partial charge in [0.25, 0.3) is 0 Å². The van der Waals surface area contributed by atoms with Crippen LogP contribution in [-0.4, -0.2) is 45.8 Å². The second-order valence-corrected chi connectivity index (χ2v) is 9.03. The first-order valence-electron chi connectivity index (χ1n) is 10.4. The molecule has 0 aliphatic heterocycles. The van der Waals surface area contributed by atoms with Crippen LogP contribution in [0.5, 0.6) is 5.75 Å². The van der Waals surface area contributed by atoms with Crippen LogP contribution >= 0.6 is 12.2 Å². The van der Waals surface area contributed by atoms with Gasteiger partial charge in [-0.3, -0.25) is 15.3 Å². The van der Waals surface area contributed by atoms with Crippen LogP contribution in [-0.2, 0) is 10.9 Å². The predicted octanol–water partition coefficient (Wildman–Crippen LogP) is 4.97. The van der Waals surface area contributed by atoms with Crippen LogP contribution in [0, 0.1) is 5.41 Å². The maximum atomic E-state index is 13.7. The van der Waals surface area contributed by atoms with Crippen molar-refractivity contribution in [3.63, 3.8) is 0 Å². The number of hydrogen-bond acceptors (Lipinski definition) is 7. The highest BCUT2D eigenvalue weighted by Crippen LogP contribution is 2.36. The van der Waals surface area contributed by atoms with Crippen LogP contribution in [0.4, 0.5) is 29.5 Å². The number of amides is 1. The van der Waals surface area contributed by atoms with Crippen molar-refractivity contribution in [2.45, 2.75) is 52.5 Å². The second-order valence-electron chi connectivity index (χ2n) is 8.62. The summed E-state index contributed by atoms with van der Waals surface area (Å²) in [6, 6.07) is 3.86. The SMILES string of the molecule is CC(C)Oc1ccnc(C(=N)NC(=S)Nc2ncc(N(C)C(=O)OC(C)(C)C)cc2C(F)(F)F)c1. The lowest BCUT2D eigenvalue weighted by Gasteiger charge is -2.25. The van der Waals surface area contributed by atoms with E-state index in [1.807, 2.05) is 13.8 Å². The Morgan fingerprint density at radius 3 is 2.43 bits per heavy atom. The molecule has 2 aromatic rings. The maximum Gasteiger partial charge on any atom is 0.420 e. The zero-order valence-electron chi connectivity index (χ0n) is 20.1. The Morgan fingerprint density at radius 2 is 1.86 bits per heavy atom. The average Bonchev–Trinajstić information content (AvgIpc) is 2.71. The molecule has 3 N–H and O–H groups in total. The lowest BCUT2D eigenvalue weighted by atomic mass is 10.2. The Kier molecular flexibility index (Phi) is 8.60. The number of anilines is 2. The molecule has 2 rings (SSSR count). The standard InChI is InChI=1S/C22H27F3N6O3S/c1-12(2)33-14-7-8-27-16(10-14)17(26)29-19(35)30-18-15(22(23,24)25)9-13(11-28-18)31(6)20(32)34-21(3,4)5/h7-12H,1-6H3,(H3,26,28,29,30,35). The molecule has 13 heteroatoms. The zero-order valence-corrected chi connectivity index (χ0v) is 20.9. The molecule has 0 fully saturated rings. The van der Waals surface area contributed by atoms with Gasteiger partial charge >= 0.3 is 12.3 Å². The molecule has 1 amide bonds. The van der Waals surface area contributed by atoms with E-state index in [0.29, 0.717) is 5.75 Å². The van der Waals surface area contributed by atoms with Crippen LogP contribution in [0.15, 0.2) is 30.6 Å². The normalized spacial score (nSPS) is 11.6. The number of amidine groups is 1. The summed E-state index contributed by atoms with van der Waals surface area (Å²) in [6.45, 7) is 8.59. The summed E-state index contributed by atoms with van der Waals surface area (Å²) in [7, 11) is 1.27. The van der Waals surface area contributed by atoms with Crippen LogP contribution in [0.1, 0.15) is 45.9 Å². The maximum absolute atomic E-state index is 13.7. The number of ether oxygens (including phenoxy) is 2. The fourth-order valence-corrected chi connectivity index (χ4v) is 2.80. The molecular formula is C22H27F3N6O3S. The summed E-state index contributed by atoms with van der Waals surface area (Å²) in [5.41, 5.74) is -1.95. The zero-order chi connectivity index (χ0) is 26.6. The van der Waals surface area contributed by atoms with E-state index in [-0.39, 0.29) is 28.4 Å². The van der Waals surface area contributed by atoms with E-state index in [0.717, 1.165) is 17.2 Å². The molecule has 0 spiro atoms. The lowest BCUT2D eigenvalue weighted by Crippen LogP contribution is -2.36. The minimum Gasteiger partial charge on any atom is -0.491 e. The summed E-state index contributed by atoms with van der Waals surface area (Å²) in [5, 5.41) is 12.7. The van der Waals surface area contributed by atoms with E-state index in [1.165, 1.54) is 19.3 Å². The number of carbonyl (C=O) groups is 1. The van der Waals surface area contributed by atoms with Crippen molar-refractivity contribution < 1.29 is 27.4 Å². The fraction of sp³-hybridized carbons (Fsp3) is 0.409. The first-order valence-corrected chi connectivity index (χ1v) is 10.8. The number of pyridine rings is 2. The van der Waals surface area contributed by atoms with Gasteiger partial charge in [-0.1, -0.05) is 0 Å². The fourth-order valence-electron chi connectivity index (χ4n) is 2.60. The van der Waals surface area contributed by atoms with Gasteiger partial charge in [0.15, 0.2) is 10.9 Å². The number of nitrogens with zero attached hydrogens (tertiary/aromatic N) is 3. The van der Waals surface area contributed by atoms with Gasteiger partial charge in [0.05, 0.1) is 18.0 Å². The summed E-state index contributed by atoms with van der Waals surface area (Å²) in [6.07, 6.45) is -3.24. The quantitative estimate of drug-likeness (QED) is 0.293. The number of aromatic nitrogens is 2. The summed E-state index contributed by atoms with van der Waals surface area (Å²) in [5.74, 6) is -0.387. The number of nitrogens with one attached hydrogen (secondary N) is 3. The van der Waals surface area contributed by atoms with Crippen molar-refractivity contribution in [1.82, 2.24) is 15.3 Å². The molecule has 0 atom stereocenters. The summed E-state index contributed by atoms with van der Waals surface area (Å²) < 4.78 is 52.0. The third-order valence-electron chi connectivity index (χ3n) is 4.06. The number of rotatable bonds is 5. The minimum atomic E-state index is -4.81. The minimum absolute atomic E-state index is 0.0978. The van der Waals surface area contributed by atoms with Gasteiger partial charge < -0.3 is 20.1 Å². The van der Waals surface area contributed by atoms with E-state index < -0.39 is 29.3 Å². The number of thiocarbonyl (C=S) groups is 1. The van der Waals surface area contributed by atoms with Gasteiger partial charge in [0, 0.05) is 19.3 Å². The van der Waals surface area contributed by atoms with Gasteiger partial charge in [-0.05, 0) is 59.0 Å². The Balaban J connectivity index is 2.20. The molecule has 0 aliphatic carbocycles. The number of alkyl halides is 3. The van der Waals surface area contributed by atoms with Gasteiger partial charge in [-0.2, -0.15) is 13.2 Å². The Bertz CT molecular complexity index is 1100. The molecule has 0 bridgehead atoms. The number of carbonyl (C=O) groups excluding carboxylic acids is 1. The van der Waals surface area contributed by atoms with E-state index in [1.54, 1.807) is 26.8 Å². The third-order valence-corrected chi connectivity index (χ3v) is 4.27. The van der Waals surface area contributed by atoms with Crippen molar-refractivity contribution in [2.24, 2.45) is 0 Å². The molecule has 2 heterocycles. The van der Waals surface area contributed by atoms with Crippen molar-refractivity contribution in [3.05, 3.63) is 41.9 Å². The molecule has 2 aromatic heterocycles. The van der Waals surface area contributed by atoms with Crippen molar-refractivity contribution >= 4 is 40.8 Å². The molecule has 0 saturated heterocycles. The molecule has 0 aliphatic rings. The molecule has 190 valence electrons. The van der Waals surface area contributed by atoms with Crippen molar-refractivity contribution in [3.8, 4) is 5.75 Å². The van der Waals surface area contributed by atoms with Gasteiger partial charge in [0.2, 0.25) is 0 Å². The van der Waals surface area contributed by atoms with Crippen LogP contribution in [0.3, 0.4) is 0 Å². The highest BCUT2D eigenvalue weighted by molar-refractivity contribution is 7.80. The summed E-state index contributed by atoms with van der Waals surface area (Å²) in [4.78, 5) is 21.0. The largest absolute Gasteiger partial charge is 0.491 e. The molecular weight excluding hydrogens is 485 g/mol. The van der Waals surface area contributed by atoms with Crippen LogP contribution < -0.4 is 20.3 Å². The third kappa shape index (κ3) is 8.35. The van der Waals surface area contributed by atoms with Crippen molar-refractivity contribution in [1.29, 1.82) is 5.41 Å². The summed E-state index contributed by atoms with van der Waals surface area (Å²) >= 11 is 5.07. The van der Waals surface area contributed by atoms with E-state index in [4.69, 9.17) is 27.1 Å². The molecule has 35 heavy (non-hydrogen) atoms. The van der Waals surface area contributed by atoms with E-state index in [2.05, 4.69) is 20.6 Å². The Labute approximate surface area is 206 Å². The Morgan fingerprint density at radius 1 is 1.20 bits per heavy atom. The predicted molar refractivity (Wildman–Crippen MR) is 130 cm³/mol. The van der Waals surface area contributed by atoms with Gasteiger partial charge in [-0.25, -0.2) is 9.78 Å². The van der Waals surface area contributed by atoms with Crippen LogP contribution in [0.25, 0.3) is 0 Å². The smallest absolute Gasteiger partial charge is 0.420 e. The van der Waals surface area contributed by atoms with Gasteiger partial charge in [-0.15, -0.1) is 0 Å². The first kappa shape index (κ1) is 27.8. The molecule has 0 unspecified atom stereocenters. The number of hydrogen-bond donors (Lipinski definition) is 3.